The van der Waals surface area contributed by atoms with Crippen LogP contribution >= 0.6 is 0 Å². The minimum Gasteiger partial charge on any atom is -0.304 e. The van der Waals surface area contributed by atoms with Gasteiger partial charge in [0, 0.05) is 12.5 Å². The summed E-state index contributed by atoms with van der Waals surface area (Å²) in [6.45, 7) is 3.94. The third-order valence-electron chi connectivity index (χ3n) is 2.28. The monoisotopic (exact) mass is 215 g/mol. The van der Waals surface area contributed by atoms with Crippen LogP contribution in [-0.2, 0) is 11.3 Å². The molecule has 0 saturated carbocycles. The first-order valence-corrected chi connectivity index (χ1v) is 4.85. The molecule has 84 valence electrons. The quantitative estimate of drug-likeness (QED) is 0.783. The van der Waals surface area contributed by atoms with Crippen molar-refractivity contribution < 1.29 is 13.6 Å². The van der Waals surface area contributed by atoms with Crippen molar-refractivity contribution in [1.82, 2.24) is 0 Å². The van der Waals surface area contributed by atoms with Gasteiger partial charge in [-0.25, -0.2) is 14.7 Å². The third-order valence-corrected chi connectivity index (χ3v) is 2.28. The van der Waals surface area contributed by atoms with Gasteiger partial charge in [0.15, 0.2) is 0 Å². The Labute approximate surface area is 88.0 Å². The van der Waals surface area contributed by atoms with Crippen molar-refractivity contribution >= 4 is 0 Å². The van der Waals surface area contributed by atoms with E-state index >= 15 is 0 Å². The highest BCUT2D eigenvalue weighted by molar-refractivity contribution is 5.29. The summed E-state index contributed by atoms with van der Waals surface area (Å²) in [5.41, 5.74) is 0.953. The lowest BCUT2D eigenvalue weighted by atomic mass is 9.98. The summed E-state index contributed by atoms with van der Waals surface area (Å²) in [5.74, 6) is 3.84. The normalized spacial score (nSPS) is 11.1. The smallest absolute Gasteiger partial charge is 0.129 e. The lowest BCUT2D eigenvalue weighted by Crippen LogP contribution is -2.06. The van der Waals surface area contributed by atoms with Gasteiger partial charge in [-0.2, -0.15) is 0 Å². The fraction of sp³-hybridized carbons (Fsp3) is 0.455. The maximum Gasteiger partial charge on any atom is 0.129 e. The number of halogens is 2. The predicted molar refractivity (Wildman–Crippen MR) is 54.3 cm³/mol. The van der Waals surface area contributed by atoms with Gasteiger partial charge in [-0.1, -0.05) is 13.8 Å². The van der Waals surface area contributed by atoms with E-state index in [1.54, 1.807) is 0 Å². The molecular weight excluding hydrogens is 200 g/mol. The average molecular weight is 215 g/mol. The highest BCUT2D eigenvalue weighted by Gasteiger charge is 2.12. The first-order chi connectivity index (χ1) is 7.06. The van der Waals surface area contributed by atoms with Gasteiger partial charge in [-0.15, -0.1) is 0 Å². The van der Waals surface area contributed by atoms with Gasteiger partial charge in [0.05, 0.1) is 6.61 Å². The summed E-state index contributed by atoms with van der Waals surface area (Å²) in [5, 5.41) is 0. The van der Waals surface area contributed by atoms with Crippen molar-refractivity contribution in [3.05, 3.63) is 34.9 Å². The Kier molecular flexibility index (Phi) is 4.17. The topological polar surface area (TPSA) is 35.2 Å². The van der Waals surface area contributed by atoms with Crippen LogP contribution < -0.4 is 5.90 Å². The summed E-state index contributed by atoms with van der Waals surface area (Å²) < 4.78 is 26.6. The average Bonchev–Trinajstić information content (AvgIpc) is 2.16. The second kappa shape index (κ2) is 5.19. The van der Waals surface area contributed by atoms with E-state index in [9.17, 15) is 8.78 Å². The second-order valence-electron chi connectivity index (χ2n) is 3.74. The van der Waals surface area contributed by atoms with Gasteiger partial charge in [0.25, 0.3) is 0 Å². The van der Waals surface area contributed by atoms with E-state index in [0.29, 0.717) is 17.5 Å². The van der Waals surface area contributed by atoms with Crippen LogP contribution in [0, 0.1) is 11.6 Å². The number of hydrogen-bond acceptors (Lipinski definition) is 2. The molecule has 1 rings (SSSR count). The van der Waals surface area contributed by atoms with Crippen molar-refractivity contribution in [2.75, 3.05) is 6.61 Å². The number of rotatable bonds is 4. The van der Waals surface area contributed by atoms with Gasteiger partial charge < -0.3 is 4.84 Å². The largest absolute Gasteiger partial charge is 0.304 e. The SMILES string of the molecule is CC(C)c1cc(CCON)c(F)cc1F. The maximum absolute atomic E-state index is 13.3. The molecule has 0 heterocycles. The van der Waals surface area contributed by atoms with E-state index in [4.69, 9.17) is 5.90 Å². The summed E-state index contributed by atoms with van der Waals surface area (Å²) in [4.78, 5) is 4.37. The molecule has 15 heavy (non-hydrogen) atoms. The zero-order chi connectivity index (χ0) is 11.4. The molecule has 0 aliphatic rings. The van der Waals surface area contributed by atoms with Crippen LogP contribution in [0.25, 0.3) is 0 Å². The van der Waals surface area contributed by atoms with Crippen molar-refractivity contribution in [1.29, 1.82) is 0 Å². The van der Waals surface area contributed by atoms with Gasteiger partial charge in [-0.05, 0) is 23.1 Å². The first kappa shape index (κ1) is 12.1. The standard InChI is InChI=1S/C11H15F2NO/c1-7(2)9-5-8(3-4-15-14)10(12)6-11(9)13/h5-7H,3-4,14H2,1-2H3. The number of hydrogen-bond donors (Lipinski definition) is 1. The molecule has 0 aliphatic heterocycles. The fourth-order valence-electron chi connectivity index (χ4n) is 1.42. The van der Waals surface area contributed by atoms with E-state index < -0.39 is 11.6 Å². The number of nitrogens with two attached hydrogens (primary N) is 1. The van der Waals surface area contributed by atoms with Crippen LogP contribution in [0.3, 0.4) is 0 Å². The molecule has 0 radical (unpaired) electrons. The third kappa shape index (κ3) is 2.97. The van der Waals surface area contributed by atoms with Crippen molar-refractivity contribution in [2.24, 2.45) is 5.90 Å². The molecule has 4 heteroatoms. The second-order valence-corrected chi connectivity index (χ2v) is 3.74. The van der Waals surface area contributed by atoms with E-state index in [2.05, 4.69) is 4.84 Å². The number of benzene rings is 1. The van der Waals surface area contributed by atoms with E-state index in [-0.39, 0.29) is 12.5 Å². The Morgan fingerprint density at radius 1 is 1.27 bits per heavy atom. The van der Waals surface area contributed by atoms with Gasteiger partial charge in [0.1, 0.15) is 11.6 Å². The molecule has 0 saturated heterocycles. The van der Waals surface area contributed by atoms with Gasteiger partial charge in [0.2, 0.25) is 0 Å². The molecule has 0 fully saturated rings. The van der Waals surface area contributed by atoms with Crippen molar-refractivity contribution in [3.8, 4) is 0 Å². The zero-order valence-electron chi connectivity index (χ0n) is 8.89. The highest BCUT2D eigenvalue weighted by Crippen LogP contribution is 2.22. The van der Waals surface area contributed by atoms with Crippen molar-refractivity contribution in [2.45, 2.75) is 26.2 Å². The Morgan fingerprint density at radius 3 is 2.47 bits per heavy atom. The van der Waals surface area contributed by atoms with Crippen LogP contribution in [0.15, 0.2) is 12.1 Å². The molecule has 1 aromatic rings. The minimum atomic E-state index is -0.547. The van der Waals surface area contributed by atoms with Crippen LogP contribution in [0.5, 0.6) is 0 Å². The Bertz CT molecular complexity index is 340. The molecule has 0 spiro atoms. The van der Waals surface area contributed by atoms with Crippen molar-refractivity contribution in [3.63, 3.8) is 0 Å². The molecule has 2 nitrogen and oxygen atoms in total. The Hall–Kier alpha value is -1.00. The van der Waals surface area contributed by atoms with Gasteiger partial charge >= 0.3 is 0 Å². The lowest BCUT2D eigenvalue weighted by Gasteiger charge is -2.10. The van der Waals surface area contributed by atoms with Crippen LogP contribution in [0.2, 0.25) is 0 Å². The zero-order valence-corrected chi connectivity index (χ0v) is 8.89. The summed E-state index contributed by atoms with van der Waals surface area (Å²) in [6, 6.07) is 2.45. The van der Waals surface area contributed by atoms with E-state index in [1.165, 1.54) is 6.07 Å². The first-order valence-electron chi connectivity index (χ1n) is 4.85. The molecule has 0 aromatic heterocycles. The highest BCUT2D eigenvalue weighted by atomic mass is 19.1. The molecule has 0 amide bonds. The summed E-state index contributed by atoms with van der Waals surface area (Å²) in [7, 11) is 0. The molecule has 0 unspecified atom stereocenters. The molecule has 0 bridgehead atoms. The predicted octanol–water partition coefficient (Wildman–Crippen LogP) is 2.52. The molecule has 2 N–H and O–H groups in total. The fourth-order valence-corrected chi connectivity index (χ4v) is 1.42. The van der Waals surface area contributed by atoms with Crippen LogP contribution in [0.1, 0.15) is 30.9 Å². The van der Waals surface area contributed by atoms with Crippen LogP contribution in [-0.4, -0.2) is 6.61 Å². The van der Waals surface area contributed by atoms with E-state index in [1.807, 2.05) is 13.8 Å². The minimum absolute atomic E-state index is 0.0307. The summed E-state index contributed by atoms with van der Waals surface area (Å²) >= 11 is 0. The maximum atomic E-state index is 13.3. The summed E-state index contributed by atoms with van der Waals surface area (Å²) in [6.07, 6.45) is 0.350. The Morgan fingerprint density at radius 2 is 1.93 bits per heavy atom. The molecule has 1 aromatic carbocycles. The molecular formula is C11H15F2NO. The molecule has 0 aliphatic carbocycles. The molecule has 0 atom stereocenters. The van der Waals surface area contributed by atoms with Gasteiger partial charge in [-0.3, -0.25) is 0 Å². The van der Waals surface area contributed by atoms with E-state index in [0.717, 1.165) is 6.07 Å². The van der Waals surface area contributed by atoms with Crippen LogP contribution in [0.4, 0.5) is 8.78 Å². The lowest BCUT2D eigenvalue weighted by molar-refractivity contribution is 0.140. The Balaban J connectivity index is 3.00.